The van der Waals surface area contributed by atoms with Gasteiger partial charge in [-0.1, -0.05) is 18.2 Å². The number of carbonyl (C=O) groups excluding carboxylic acids is 1. The molecule has 5 aromatic rings. The molecule has 0 amide bonds. The smallest absolute Gasteiger partial charge is 0.322 e. The van der Waals surface area contributed by atoms with Crippen LogP contribution in [0.15, 0.2) is 59.8 Å². The van der Waals surface area contributed by atoms with E-state index in [-0.39, 0.29) is 29.7 Å². The van der Waals surface area contributed by atoms with Gasteiger partial charge in [0.25, 0.3) is 5.56 Å². The van der Waals surface area contributed by atoms with Crippen molar-refractivity contribution >= 4 is 34.3 Å². The highest BCUT2D eigenvalue weighted by molar-refractivity contribution is 5.84. The van der Waals surface area contributed by atoms with Gasteiger partial charge in [0.1, 0.15) is 18.5 Å². The topological polar surface area (TPSA) is 169 Å². The van der Waals surface area contributed by atoms with Crippen molar-refractivity contribution in [1.82, 2.24) is 29.3 Å². The third-order valence-corrected chi connectivity index (χ3v) is 7.02. The van der Waals surface area contributed by atoms with Crippen LogP contribution in [0.1, 0.15) is 36.8 Å². The number of rotatable bonds is 8. The third-order valence-electron chi connectivity index (χ3n) is 7.02. The number of nitrogens with one attached hydrogen (secondary N) is 1. The number of hydrogen-bond donors (Lipinski definition) is 3. The van der Waals surface area contributed by atoms with Gasteiger partial charge in [0.15, 0.2) is 5.82 Å². The zero-order valence-electron chi connectivity index (χ0n) is 22.9. The summed E-state index contributed by atoms with van der Waals surface area (Å²) in [5, 5.41) is 7.65. The number of ether oxygens (including phenoxy) is 1. The van der Waals surface area contributed by atoms with Gasteiger partial charge in [-0.2, -0.15) is 20.1 Å². The number of hydrogen-bond acceptors (Lipinski definition) is 10. The third kappa shape index (κ3) is 5.29. The van der Waals surface area contributed by atoms with Gasteiger partial charge in [0, 0.05) is 30.6 Å². The number of benzene rings is 2. The van der Waals surface area contributed by atoms with Gasteiger partial charge in [0.05, 0.1) is 23.0 Å². The van der Waals surface area contributed by atoms with Crippen LogP contribution in [-0.2, 0) is 23.2 Å². The van der Waals surface area contributed by atoms with E-state index in [1.807, 2.05) is 6.07 Å². The Morgan fingerprint density at radius 3 is 2.74 bits per heavy atom. The van der Waals surface area contributed by atoms with Crippen LogP contribution < -0.4 is 22.3 Å². The second-order valence-electron chi connectivity index (χ2n) is 10.3. The van der Waals surface area contributed by atoms with E-state index in [1.165, 1.54) is 17.6 Å². The second-order valence-corrected chi connectivity index (χ2v) is 10.3. The lowest BCUT2D eigenvalue weighted by Gasteiger charge is -2.18. The first kappa shape index (κ1) is 27.0. The maximum Gasteiger partial charge on any atom is 0.322 e. The molecule has 1 aliphatic rings. The Morgan fingerprint density at radius 1 is 1.21 bits per heavy atom. The Labute approximate surface area is 239 Å². The van der Waals surface area contributed by atoms with Crippen molar-refractivity contribution in [2.75, 3.05) is 11.1 Å². The Bertz CT molecular complexity index is 1900. The SMILES string of the molecule is C[C@@H](N)C(=O)OCc1c(-c2nc(N)nc(Nc3cnn(C)c3)n2)cccc1-n1ccc2cc(C3CC3)cc(F)c2c1=O. The lowest BCUT2D eigenvalue weighted by atomic mass is 10.0. The maximum absolute atomic E-state index is 15.3. The molecule has 214 valence electrons. The van der Waals surface area contributed by atoms with Gasteiger partial charge in [-0.05, 0) is 54.8 Å². The summed E-state index contributed by atoms with van der Waals surface area (Å²) in [6, 6.07) is 9.21. The van der Waals surface area contributed by atoms with E-state index in [9.17, 15) is 9.59 Å². The number of anilines is 3. The van der Waals surface area contributed by atoms with Gasteiger partial charge in [-0.15, -0.1) is 0 Å². The van der Waals surface area contributed by atoms with Crippen LogP contribution in [-0.4, -0.2) is 41.3 Å². The summed E-state index contributed by atoms with van der Waals surface area (Å²) >= 11 is 0. The lowest BCUT2D eigenvalue weighted by molar-refractivity contribution is -0.146. The number of nitrogens with two attached hydrogens (primary N) is 2. The van der Waals surface area contributed by atoms with Crippen molar-refractivity contribution in [1.29, 1.82) is 0 Å². The van der Waals surface area contributed by atoms with E-state index in [2.05, 4.69) is 25.4 Å². The van der Waals surface area contributed by atoms with Crippen LogP contribution in [0.3, 0.4) is 0 Å². The molecule has 1 saturated carbocycles. The van der Waals surface area contributed by atoms with Gasteiger partial charge < -0.3 is 21.5 Å². The van der Waals surface area contributed by atoms with Crippen LogP contribution in [0, 0.1) is 5.82 Å². The molecule has 0 unspecified atom stereocenters. The monoisotopic (exact) mass is 569 g/mol. The molecule has 0 saturated heterocycles. The summed E-state index contributed by atoms with van der Waals surface area (Å²) in [4.78, 5) is 39.1. The summed E-state index contributed by atoms with van der Waals surface area (Å²) in [6.45, 7) is 1.24. The first-order valence-corrected chi connectivity index (χ1v) is 13.3. The van der Waals surface area contributed by atoms with Crippen molar-refractivity contribution in [2.24, 2.45) is 12.8 Å². The zero-order chi connectivity index (χ0) is 29.5. The van der Waals surface area contributed by atoms with Gasteiger partial charge >= 0.3 is 5.97 Å². The number of esters is 1. The van der Waals surface area contributed by atoms with E-state index in [1.54, 1.807) is 54.6 Å². The fraction of sp³-hybridized carbons (Fsp3) is 0.241. The molecule has 1 aliphatic carbocycles. The van der Waals surface area contributed by atoms with Crippen molar-refractivity contribution < 1.29 is 13.9 Å². The van der Waals surface area contributed by atoms with Crippen LogP contribution in [0.4, 0.5) is 22.0 Å². The standard InChI is InChI=1S/C29H28FN9O3/c1-15(31)27(41)42-14-21-20(25-35-28(32)37-29(36-25)34-19-12-33-38(2)13-19)4-3-5-23(21)39-9-8-17-10-18(16-6-7-16)11-22(30)24(17)26(39)40/h3-5,8-13,15-16H,6-7,14,31H2,1-2H3,(H3,32,34,35,36,37)/t15-/m1/s1. The number of aromatic nitrogens is 6. The number of nitrogen functional groups attached to an aromatic ring is 1. The minimum atomic E-state index is -0.873. The highest BCUT2D eigenvalue weighted by Crippen LogP contribution is 2.41. The first-order chi connectivity index (χ1) is 20.2. The molecule has 6 rings (SSSR count). The molecule has 5 N–H and O–H groups in total. The number of nitrogens with zero attached hydrogens (tertiary/aromatic N) is 6. The molecule has 3 aromatic heterocycles. The highest BCUT2D eigenvalue weighted by atomic mass is 19.1. The van der Waals surface area contributed by atoms with Gasteiger partial charge in [-0.25, -0.2) is 4.39 Å². The molecular formula is C29H28FN9O3. The summed E-state index contributed by atoms with van der Waals surface area (Å²) in [7, 11) is 1.77. The summed E-state index contributed by atoms with van der Waals surface area (Å²) in [5.41, 5.74) is 13.9. The fourth-order valence-corrected chi connectivity index (χ4v) is 4.81. The largest absolute Gasteiger partial charge is 0.460 e. The quantitative estimate of drug-likeness (QED) is 0.236. The maximum atomic E-state index is 15.3. The highest BCUT2D eigenvalue weighted by Gasteiger charge is 2.26. The Morgan fingerprint density at radius 2 is 2.02 bits per heavy atom. The number of halogens is 1. The Balaban J connectivity index is 1.49. The van der Waals surface area contributed by atoms with Crippen LogP contribution >= 0.6 is 0 Å². The molecule has 3 heterocycles. The summed E-state index contributed by atoms with van der Waals surface area (Å²) in [6.07, 6.45) is 6.93. The predicted octanol–water partition coefficient (Wildman–Crippen LogP) is 3.31. The fourth-order valence-electron chi connectivity index (χ4n) is 4.81. The van der Waals surface area contributed by atoms with Crippen molar-refractivity contribution in [3.63, 3.8) is 0 Å². The van der Waals surface area contributed by atoms with Crippen LogP contribution in [0.25, 0.3) is 27.8 Å². The first-order valence-electron chi connectivity index (χ1n) is 13.3. The zero-order valence-corrected chi connectivity index (χ0v) is 22.9. The van der Waals surface area contributed by atoms with Crippen LogP contribution in [0.5, 0.6) is 0 Å². The lowest BCUT2D eigenvalue weighted by Crippen LogP contribution is -2.29. The number of aryl methyl sites for hydroxylation is 1. The minimum Gasteiger partial charge on any atom is -0.460 e. The second kappa shape index (κ2) is 10.7. The number of carbonyl (C=O) groups is 1. The molecule has 42 heavy (non-hydrogen) atoms. The van der Waals surface area contributed by atoms with E-state index in [4.69, 9.17) is 16.2 Å². The van der Waals surface area contributed by atoms with E-state index >= 15 is 4.39 Å². The molecule has 1 atom stereocenters. The van der Waals surface area contributed by atoms with Gasteiger partial charge in [-0.3, -0.25) is 18.8 Å². The van der Waals surface area contributed by atoms with E-state index in [0.717, 1.165) is 18.4 Å². The molecule has 0 spiro atoms. The molecule has 2 aromatic carbocycles. The molecule has 0 bridgehead atoms. The average molecular weight is 570 g/mol. The van der Waals surface area contributed by atoms with E-state index < -0.39 is 23.4 Å². The Hall–Kier alpha value is -5.17. The number of fused-ring (bicyclic) bond motifs is 1. The van der Waals surface area contributed by atoms with Crippen LogP contribution in [0.2, 0.25) is 0 Å². The molecule has 12 nitrogen and oxygen atoms in total. The van der Waals surface area contributed by atoms with Crippen molar-refractivity contribution in [2.45, 2.75) is 38.3 Å². The number of pyridine rings is 1. The van der Waals surface area contributed by atoms with Gasteiger partial charge in [0.2, 0.25) is 11.9 Å². The minimum absolute atomic E-state index is 0.0295. The summed E-state index contributed by atoms with van der Waals surface area (Å²) < 4.78 is 23.7. The Kier molecular flexibility index (Phi) is 6.86. The van der Waals surface area contributed by atoms with E-state index in [0.29, 0.717) is 33.8 Å². The van der Waals surface area contributed by atoms with Crippen molar-refractivity contribution in [3.05, 3.63) is 82.3 Å². The predicted molar refractivity (Wildman–Crippen MR) is 155 cm³/mol. The molecular weight excluding hydrogens is 541 g/mol. The molecule has 13 heteroatoms. The molecule has 0 radical (unpaired) electrons. The molecule has 0 aliphatic heterocycles. The van der Waals surface area contributed by atoms with Crippen molar-refractivity contribution in [3.8, 4) is 17.1 Å². The normalized spacial score (nSPS) is 13.7. The average Bonchev–Trinajstić information content (AvgIpc) is 3.73. The summed E-state index contributed by atoms with van der Waals surface area (Å²) in [5.74, 6) is -0.630. The molecule has 1 fully saturated rings.